The van der Waals surface area contributed by atoms with Crippen LogP contribution in [0.3, 0.4) is 0 Å². The van der Waals surface area contributed by atoms with Crippen molar-refractivity contribution in [3.05, 3.63) is 262 Å². The minimum absolute atomic E-state index is 0.583. The van der Waals surface area contributed by atoms with E-state index in [4.69, 9.17) is 9.47 Å². The summed E-state index contributed by atoms with van der Waals surface area (Å²) < 4.78 is 13.3. The summed E-state index contributed by atoms with van der Waals surface area (Å²) in [5.41, 5.74) is 8.77. The van der Waals surface area contributed by atoms with E-state index in [2.05, 4.69) is 65.6 Å². The van der Waals surface area contributed by atoms with Crippen molar-refractivity contribution in [1.29, 1.82) is 0 Å². The summed E-state index contributed by atoms with van der Waals surface area (Å²) in [7, 11) is 0. The molecular weight excluding hydrogens is 729 g/mol. The van der Waals surface area contributed by atoms with Gasteiger partial charge in [0.25, 0.3) is 0 Å². The van der Waals surface area contributed by atoms with E-state index in [0.29, 0.717) is 23.0 Å². The molecule has 0 fully saturated rings. The lowest BCUT2D eigenvalue weighted by Crippen LogP contribution is -1.92. The van der Waals surface area contributed by atoms with Crippen LogP contribution in [0.15, 0.2) is 206 Å². The van der Waals surface area contributed by atoms with Crippen LogP contribution >= 0.6 is 0 Å². The molecule has 0 radical (unpaired) electrons. The largest absolute Gasteiger partial charge is 0.457 e. The second-order valence-electron chi connectivity index (χ2n) is 13.6. The average molecular weight is 765 g/mol. The van der Waals surface area contributed by atoms with Crippen LogP contribution in [0.4, 0.5) is 0 Å². The summed E-state index contributed by atoms with van der Waals surface area (Å²) in [6.07, 6.45) is 4.11. The topological polar surface area (TPSA) is 18.5 Å². The van der Waals surface area contributed by atoms with Gasteiger partial charge in [-0.2, -0.15) is 0 Å². The second kappa shape index (κ2) is 19.5. The summed E-state index contributed by atoms with van der Waals surface area (Å²) in [4.78, 5) is 0. The standard InChI is InChI=1S/C58H36O2/c1-6-16-45(17-7-1)26-31-50-36-51(32-27-46-18-8-2-9-19-46)39-55(38-50)59-57-42-54(35-30-49-24-14-5-15-25-49)43-58(44-57)60-56-40-52(33-28-47-20-10-3-11-21-47)37-53(41-56)34-29-48-22-12-4-13-23-48/h1-25,30,35-44H. The molecule has 0 aliphatic rings. The summed E-state index contributed by atoms with van der Waals surface area (Å²) in [5, 5.41) is 0. The smallest absolute Gasteiger partial charge is 0.131 e. The molecular formula is C58H36O2. The lowest BCUT2D eigenvalue weighted by molar-refractivity contribution is 0.460. The fraction of sp³-hybridized carbons (Fsp3) is 0. The molecule has 8 aromatic carbocycles. The molecule has 0 heterocycles. The van der Waals surface area contributed by atoms with Crippen LogP contribution in [0.5, 0.6) is 23.0 Å². The number of benzene rings is 8. The van der Waals surface area contributed by atoms with Crippen LogP contribution in [0.1, 0.15) is 55.6 Å². The first-order chi connectivity index (χ1) is 29.6. The summed E-state index contributed by atoms with van der Waals surface area (Å²) in [6, 6.07) is 67.4. The van der Waals surface area contributed by atoms with Crippen LogP contribution in [0, 0.1) is 47.4 Å². The molecule has 8 rings (SSSR count). The van der Waals surface area contributed by atoms with Crippen LogP contribution < -0.4 is 9.47 Å². The maximum Gasteiger partial charge on any atom is 0.131 e. The highest BCUT2D eigenvalue weighted by atomic mass is 16.5. The highest BCUT2D eigenvalue weighted by Gasteiger charge is 2.09. The van der Waals surface area contributed by atoms with Gasteiger partial charge in [-0.05, 0) is 108 Å². The third-order valence-corrected chi connectivity index (χ3v) is 8.95. The number of hydrogen-bond acceptors (Lipinski definition) is 2. The van der Waals surface area contributed by atoms with E-state index in [9.17, 15) is 0 Å². The van der Waals surface area contributed by atoms with Gasteiger partial charge >= 0.3 is 0 Å². The molecule has 2 nitrogen and oxygen atoms in total. The molecule has 2 heteroatoms. The van der Waals surface area contributed by atoms with Crippen molar-refractivity contribution < 1.29 is 9.47 Å². The Morgan fingerprint density at radius 2 is 0.500 bits per heavy atom. The zero-order valence-electron chi connectivity index (χ0n) is 32.6. The lowest BCUT2D eigenvalue weighted by atomic mass is 10.1. The van der Waals surface area contributed by atoms with Crippen LogP contribution in [0.2, 0.25) is 0 Å². The van der Waals surface area contributed by atoms with E-state index in [1.165, 1.54) is 0 Å². The zero-order chi connectivity index (χ0) is 40.6. The van der Waals surface area contributed by atoms with Crippen molar-refractivity contribution in [3.63, 3.8) is 0 Å². The Labute approximate surface area is 352 Å². The first-order valence-corrected chi connectivity index (χ1v) is 19.5. The molecule has 0 saturated carbocycles. The summed E-state index contributed by atoms with van der Waals surface area (Å²) in [6.45, 7) is 0. The number of ether oxygens (including phenoxy) is 2. The van der Waals surface area contributed by atoms with Crippen molar-refractivity contribution in [2.24, 2.45) is 0 Å². The molecule has 60 heavy (non-hydrogen) atoms. The molecule has 0 aromatic heterocycles. The minimum atomic E-state index is 0.583. The van der Waals surface area contributed by atoms with Gasteiger partial charge in [-0.3, -0.25) is 0 Å². The molecule has 0 bridgehead atoms. The van der Waals surface area contributed by atoms with Gasteiger partial charge in [0, 0.05) is 50.6 Å². The first kappa shape index (κ1) is 38.2. The maximum atomic E-state index is 6.66. The second-order valence-corrected chi connectivity index (χ2v) is 13.6. The quantitative estimate of drug-likeness (QED) is 0.124. The molecule has 8 aromatic rings. The van der Waals surface area contributed by atoms with E-state index in [-0.39, 0.29) is 0 Å². The van der Waals surface area contributed by atoms with E-state index in [1.807, 2.05) is 200 Å². The molecule has 280 valence electrons. The SMILES string of the molecule is C(#Cc1cc(C#Cc2ccccc2)cc(Oc2cc(C=Cc3ccccc3)cc(Oc3cc(C#Cc4ccccc4)cc(C#Cc4ccccc4)c3)c2)c1)c1ccccc1. The van der Waals surface area contributed by atoms with Crippen molar-refractivity contribution in [1.82, 2.24) is 0 Å². The normalized spacial score (nSPS) is 10.1. The molecule has 0 aliphatic heterocycles. The highest BCUT2D eigenvalue weighted by molar-refractivity contribution is 5.71. The van der Waals surface area contributed by atoms with E-state index >= 15 is 0 Å². The molecule has 0 aliphatic carbocycles. The van der Waals surface area contributed by atoms with Crippen LogP contribution in [-0.4, -0.2) is 0 Å². The van der Waals surface area contributed by atoms with Crippen molar-refractivity contribution in [3.8, 4) is 70.4 Å². The van der Waals surface area contributed by atoms with Gasteiger partial charge in [0.15, 0.2) is 0 Å². The predicted molar refractivity (Wildman–Crippen MR) is 245 cm³/mol. The monoisotopic (exact) mass is 764 g/mol. The fourth-order valence-electron chi connectivity index (χ4n) is 6.10. The van der Waals surface area contributed by atoms with Crippen molar-refractivity contribution in [2.75, 3.05) is 0 Å². The van der Waals surface area contributed by atoms with E-state index < -0.39 is 0 Å². The Balaban J connectivity index is 1.17. The van der Waals surface area contributed by atoms with Crippen LogP contribution in [0.25, 0.3) is 12.2 Å². The third-order valence-electron chi connectivity index (χ3n) is 8.95. The van der Waals surface area contributed by atoms with Gasteiger partial charge in [-0.1, -0.05) is 163 Å². The van der Waals surface area contributed by atoms with Gasteiger partial charge in [0.2, 0.25) is 0 Å². The molecule has 0 saturated heterocycles. The Bertz CT molecular complexity index is 2680. The lowest BCUT2D eigenvalue weighted by Gasteiger charge is -2.12. The Kier molecular flexibility index (Phi) is 12.4. The maximum absolute atomic E-state index is 6.66. The minimum Gasteiger partial charge on any atom is -0.457 e. The average Bonchev–Trinajstić information content (AvgIpc) is 3.30. The van der Waals surface area contributed by atoms with Gasteiger partial charge in [-0.15, -0.1) is 0 Å². The van der Waals surface area contributed by atoms with Crippen molar-refractivity contribution >= 4 is 12.2 Å². The van der Waals surface area contributed by atoms with Crippen LogP contribution in [-0.2, 0) is 0 Å². The van der Waals surface area contributed by atoms with Gasteiger partial charge in [0.05, 0.1) is 0 Å². The Morgan fingerprint density at radius 1 is 0.233 bits per heavy atom. The van der Waals surface area contributed by atoms with E-state index in [1.54, 1.807) is 0 Å². The number of rotatable bonds is 6. The molecule has 0 N–H and O–H groups in total. The zero-order valence-corrected chi connectivity index (χ0v) is 32.6. The summed E-state index contributed by atoms with van der Waals surface area (Å²) >= 11 is 0. The highest BCUT2D eigenvalue weighted by Crippen LogP contribution is 2.33. The first-order valence-electron chi connectivity index (χ1n) is 19.5. The Hall–Kier alpha value is -8.66. The number of hydrogen-bond donors (Lipinski definition) is 0. The summed E-state index contributed by atoms with van der Waals surface area (Å²) in [5.74, 6) is 28.7. The molecule has 0 spiro atoms. The van der Waals surface area contributed by atoms with E-state index in [0.717, 1.165) is 55.6 Å². The predicted octanol–water partition coefficient (Wildman–Crippen LogP) is 13.0. The van der Waals surface area contributed by atoms with Crippen molar-refractivity contribution in [2.45, 2.75) is 0 Å². The third kappa shape index (κ3) is 11.5. The Morgan fingerprint density at radius 3 is 0.833 bits per heavy atom. The molecule has 0 atom stereocenters. The molecule has 0 amide bonds. The van der Waals surface area contributed by atoms with Gasteiger partial charge < -0.3 is 9.47 Å². The fourth-order valence-corrected chi connectivity index (χ4v) is 6.10. The van der Waals surface area contributed by atoms with Gasteiger partial charge in [0.1, 0.15) is 23.0 Å². The molecule has 0 unspecified atom stereocenters. The van der Waals surface area contributed by atoms with Gasteiger partial charge in [-0.25, -0.2) is 0 Å².